The van der Waals surface area contributed by atoms with E-state index >= 15 is 0 Å². The van der Waals surface area contributed by atoms with E-state index in [0.717, 1.165) is 15.4 Å². The maximum Gasteiger partial charge on any atom is 0.405 e. The van der Waals surface area contributed by atoms with Gasteiger partial charge in [0.15, 0.2) is 0 Å². The van der Waals surface area contributed by atoms with Crippen molar-refractivity contribution in [3.63, 3.8) is 0 Å². The molecule has 0 aliphatic heterocycles. The van der Waals surface area contributed by atoms with E-state index in [9.17, 15) is 21.6 Å². The highest BCUT2D eigenvalue weighted by molar-refractivity contribution is 9.09. The Labute approximate surface area is 129 Å². The lowest BCUT2D eigenvalue weighted by atomic mass is 10.4. The van der Waals surface area contributed by atoms with Crippen molar-refractivity contribution in [2.75, 3.05) is 37.4 Å². The SMILES string of the molecule is CN(C)S(=O)(=O)c1ccc(N(CCBr)CC(F)(F)F)nc1. The summed E-state index contributed by atoms with van der Waals surface area (Å²) in [5, 5.41) is 0.336. The molecule has 0 saturated carbocycles. The van der Waals surface area contributed by atoms with E-state index in [-0.39, 0.29) is 17.3 Å². The van der Waals surface area contributed by atoms with Crippen LogP contribution in [0.15, 0.2) is 23.2 Å². The zero-order valence-electron chi connectivity index (χ0n) is 11.4. The van der Waals surface area contributed by atoms with Crippen molar-refractivity contribution in [2.24, 2.45) is 0 Å². The van der Waals surface area contributed by atoms with Crippen LogP contribution in [0.2, 0.25) is 0 Å². The van der Waals surface area contributed by atoms with E-state index in [1.807, 2.05) is 0 Å². The minimum atomic E-state index is -4.36. The molecule has 0 atom stereocenters. The predicted octanol–water partition coefficient (Wildman–Crippen LogP) is 2.10. The Morgan fingerprint density at radius 3 is 2.29 bits per heavy atom. The molecule has 5 nitrogen and oxygen atoms in total. The normalized spacial score (nSPS) is 12.7. The molecule has 120 valence electrons. The van der Waals surface area contributed by atoms with Gasteiger partial charge in [-0.25, -0.2) is 17.7 Å². The fraction of sp³-hybridized carbons (Fsp3) is 0.545. The highest BCUT2D eigenvalue weighted by Crippen LogP contribution is 2.22. The quantitative estimate of drug-likeness (QED) is 0.699. The highest BCUT2D eigenvalue weighted by atomic mass is 79.9. The third-order valence-corrected chi connectivity index (χ3v) is 4.70. The van der Waals surface area contributed by atoms with Crippen LogP contribution in [-0.2, 0) is 10.0 Å². The Hall–Kier alpha value is -0.870. The number of sulfonamides is 1. The van der Waals surface area contributed by atoms with E-state index in [4.69, 9.17) is 0 Å². The fourth-order valence-corrected chi connectivity index (χ4v) is 2.79. The average Bonchev–Trinajstić information content (AvgIpc) is 2.36. The molecular formula is C11H15BrF3N3O2S. The predicted molar refractivity (Wildman–Crippen MR) is 77.2 cm³/mol. The van der Waals surface area contributed by atoms with Crippen LogP contribution in [0.3, 0.4) is 0 Å². The minimum Gasteiger partial charge on any atom is -0.347 e. The lowest BCUT2D eigenvalue weighted by Gasteiger charge is -2.24. The zero-order valence-corrected chi connectivity index (χ0v) is 13.8. The van der Waals surface area contributed by atoms with Crippen LogP contribution >= 0.6 is 15.9 Å². The first kappa shape index (κ1) is 18.2. The molecule has 21 heavy (non-hydrogen) atoms. The van der Waals surface area contributed by atoms with Gasteiger partial charge in [0.05, 0.1) is 0 Å². The van der Waals surface area contributed by atoms with Crippen molar-refractivity contribution in [2.45, 2.75) is 11.1 Å². The molecule has 0 saturated heterocycles. The van der Waals surface area contributed by atoms with Gasteiger partial charge in [-0.15, -0.1) is 0 Å². The molecule has 10 heteroatoms. The summed E-state index contributed by atoms with van der Waals surface area (Å²) in [5.74, 6) is 0.0736. The molecule has 0 bridgehead atoms. The summed E-state index contributed by atoms with van der Waals surface area (Å²) in [7, 11) is -0.916. The summed E-state index contributed by atoms with van der Waals surface area (Å²) in [6.45, 7) is -1.04. The van der Waals surface area contributed by atoms with Crippen LogP contribution in [0.1, 0.15) is 0 Å². The smallest absolute Gasteiger partial charge is 0.347 e. The van der Waals surface area contributed by atoms with Gasteiger partial charge in [-0.2, -0.15) is 13.2 Å². The third kappa shape index (κ3) is 5.11. The molecule has 0 radical (unpaired) electrons. The molecule has 0 aromatic carbocycles. The van der Waals surface area contributed by atoms with Gasteiger partial charge in [-0.1, -0.05) is 15.9 Å². The van der Waals surface area contributed by atoms with E-state index in [0.29, 0.717) is 5.33 Å². The van der Waals surface area contributed by atoms with Gasteiger partial charge in [0.1, 0.15) is 17.3 Å². The molecule has 0 fully saturated rings. The summed E-state index contributed by atoms with van der Waals surface area (Å²) in [6.07, 6.45) is -3.31. The number of hydrogen-bond acceptors (Lipinski definition) is 4. The fourth-order valence-electron chi connectivity index (χ4n) is 1.52. The van der Waals surface area contributed by atoms with Crippen LogP contribution in [0.4, 0.5) is 19.0 Å². The molecule has 0 unspecified atom stereocenters. The number of aromatic nitrogens is 1. The van der Waals surface area contributed by atoms with Crippen LogP contribution in [0.25, 0.3) is 0 Å². The van der Waals surface area contributed by atoms with Crippen molar-refractivity contribution in [3.8, 4) is 0 Å². The lowest BCUT2D eigenvalue weighted by molar-refractivity contribution is -0.119. The average molecular weight is 390 g/mol. The van der Waals surface area contributed by atoms with Crippen LogP contribution in [0.5, 0.6) is 0 Å². The van der Waals surface area contributed by atoms with Crippen LogP contribution < -0.4 is 4.90 Å². The maximum atomic E-state index is 12.5. The van der Waals surface area contributed by atoms with Crippen molar-refractivity contribution >= 4 is 31.8 Å². The molecule has 1 heterocycles. The Balaban J connectivity index is 3.03. The number of hydrogen-bond donors (Lipinski definition) is 0. The van der Waals surface area contributed by atoms with Crippen molar-refractivity contribution in [1.29, 1.82) is 0 Å². The Bertz CT molecular complexity index is 561. The summed E-state index contributed by atoms with van der Waals surface area (Å²) in [6, 6.07) is 2.51. The Morgan fingerprint density at radius 2 is 1.90 bits per heavy atom. The lowest BCUT2D eigenvalue weighted by Crippen LogP contribution is -2.36. The van der Waals surface area contributed by atoms with Crippen LogP contribution in [0, 0.1) is 0 Å². The van der Waals surface area contributed by atoms with Gasteiger partial charge in [0, 0.05) is 32.2 Å². The Morgan fingerprint density at radius 1 is 1.29 bits per heavy atom. The first-order chi connectivity index (χ1) is 9.58. The molecular weight excluding hydrogens is 375 g/mol. The maximum absolute atomic E-state index is 12.5. The van der Waals surface area contributed by atoms with Crippen molar-refractivity contribution in [3.05, 3.63) is 18.3 Å². The largest absolute Gasteiger partial charge is 0.405 e. The van der Waals surface area contributed by atoms with E-state index < -0.39 is 22.7 Å². The van der Waals surface area contributed by atoms with Crippen molar-refractivity contribution in [1.82, 2.24) is 9.29 Å². The summed E-state index contributed by atoms with van der Waals surface area (Å²) in [4.78, 5) is 4.79. The summed E-state index contributed by atoms with van der Waals surface area (Å²) in [5.41, 5.74) is 0. The number of halogens is 4. The second-order valence-electron chi connectivity index (χ2n) is 4.37. The third-order valence-electron chi connectivity index (χ3n) is 2.55. The molecule has 0 aliphatic rings. The number of pyridine rings is 1. The van der Waals surface area contributed by atoms with Gasteiger partial charge < -0.3 is 4.90 Å². The number of nitrogens with zero attached hydrogens (tertiary/aromatic N) is 3. The van der Waals surface area contributed by atoms with Gasteiger partial charge >= 0.3 is 6.18 Å². The van der Waals surface area contributed by atoms with Gasteiger partial charge in [-0.3, -0.25) is 0 Å². The summed E-state index contributed by atoms with van der Waals surface area (Å²) >= 11 is 3.08. The van der Waals surface area contributed by atoms with E-state index in [2.05, 4.69) is 20.9 Å². The van der Waals surface area contributed by atoms with Gasteiger partial charge in [-0.05, 0) is 12.1 Å². The second-order valence-corrected chi connectivity index (χ2v) is 7.31. The number of alkyl halides is 4. The summed E-state index contributed by atoms with van der Waals surface area (Å²) < 4.78 is 62.2. The molecule has 1 aromatic heterocycles. The molecule has 1 aromatic rings. The molecule has 0 spiro atoms. The highest BCUT2D eigenvalue weighted by Gasteiger charge is 2.31. The molecule has 1 rings (SSSR count). The number of anilines is 1. The van der Waals surface area contributed by atoms with E-state index in [1.54, 1.807) is 0 Å². The van der Waals surface area contributed by atoms with Crippen molar-refractivity contribution < 1.29 is 21.6 Å². The topological polar surface area (TPSA) is 53.5 Å². The number of rotatable bonds is 6. The van der Waals surface area contributed by atoms with E-state index in [1.165, 1.54) is 26.2 Å². The second kappa shape index (κ2) is 6.93. The minimum absolute atomic E-state index is 0.0675. The molecule has 0 amide bonds. The monoisotopic (exact) mass is 389 g/mol. The first-order valence-corrected chi connectivity index (χ1v) is 8.40. The molecule has 0 aliphatic carbocycles. The standard InChI is InChI=1S/C11H15BrF3N3O2S/c1-17(2)21(19,20)9-3-4-10(16-7-9)18(6-5-12)8-11(13,14)15/h3-4,7H,5-6,8H2,1-2H3. The first-order valence-electron chi connectivity index (χ1n) is 5.84. The van der Waals surface area contributed by atoms with Crippen LogP contribution in [-0.4, -0.2) is 56.4 Å². The zero-order chi connectivity index (χ0) is 16.3. The molecule has 0 N–H and O–H groups in total. The van der Waals surface area contributed by atoms with Gasteiger partial charge in [0.25, 0.3) is 0 Å². The Kier molecular flexibility index (Phi) is 6.00. The van der Waals surface area contributed by atoms with Gasteiger partial charge in [0.2, 0.25) is 10.0 Å².